The van der Waals surface area contributed by atoms with E-state index in [1.807, 2.05) is 55.4 Å². The number of likely N-dealkylation sites (N-methyl/N-ethyl adjacent to an activating group) is 2. The molecule has 44 heavy (non-hydrogen) atoms. The molecule has 14 nitrogen and oxygen atoms in total. The molecular formula is C30H49N5O9. The number of imide groups is 1. The van der Waals surface area contributed by atoms with E-state index >= 15 is 0 Å². The lowest BCUT2D eigenvalue weighted by molar-refractivity contribution is -0.198. The number of carboxylic acid groups (broad SMARTS) is 1. The van der Waals surface area contributed by atoms with Crippen LogP contribution >= 0.6 is 0 Å². The van der Waals surface area contributed by atoms with Crippen LogP contribution in [0.3, 0.4) is 0 Å². The summed E-state index contributed by atoms with van der Waals surface area (Å²) in [6, 6.07) is -3.81. The predicted molar refractivity (Wildman–Crippen MR) is 160 cm³/mol. The second-order valence-corrected chi connectivity index (χ2v) is 13.5. The largest absolute Gasteiger partial charge is 0.480 e. The maximum Gasteiger partial charge on any atom is 0.335 e. The molecule has 0 bridgehead atoms. The number of hydroxylamine groups is 2. The molecule has 1 saturated heterocycles. The maximum atomic E-state index is 13.8. The first-order valence-electron chi connectivity index (χ1n) is 14.6. The summed E-state index contributed by atoms with van der Waals surface area (Å²) >= 11 is 0. The number of nitrogens with zero attached hydrogens (tertiary/aromatic N) is 2. The lowest BCUT2D eigenvalue weighted by Crippen LogP contribution is -2.60. The highest BCUT2D eigenvalue weighted by Gasteiger charge is 2.40. The first-order valence-corrected chi connectivity index (χ1v) is 14.6. The Labute approximate surface area is 259 Å². The molecule has 0 saturated carbocycles. The third kappa shape index (κ3) is 10.4. The number of carbonyl (C=O) groups is 7. The topological polar surface area (TPSA) is 192 Å². The molecule has 1 heterocycles. The monoisotopic (exact) mass is 623 g/mol. The van der Waals surface area contributed by atoms with E-state index in [9.17, 15) is 38.7 Å². The molecule has 4 N–H and O–H groups in total. The summed E-state index contributed by atoms with van der Waals surface area (Å²) in [6.45, 7) is 16.4. The summed E-state index contributed by atoms with van der Waals surface area (Å²) in [5.41, 5.74) is -1.01. The van der Waals surface area contributed by atoms with Crippen LogP contribution in [-0.4, -0.2) is 94.8 Å². The molecule has 0 aromatic carbocycles. The summed E-state index contributed by atoms with van der Waals surface area (Å²) < 4.78 is 0. The van der Waals surface area contributed by atoms with E-state index in [0.29, 0.717) is 5.06 Å². The van der Waals surface area contributed by atoms with Crippen LogP contribution in [0, 0.1) is 16.7 Å². The smallest absolute Gasteiger partial charge is 0.335 e. The van der Waals surface area contributed by atoms with E-state index < -0.39 is 71.1 Å². The van der Waals surface area contributed by atoms with Crippen LogP contribution in [0.2, 0.25) is 0 Å². The van der Waals surface area contributed by atoms with Gasteiger partial charge in [-0.1, -0.05) is 61.5 Å². The molecule has 0 spiro atoms. The summed E-state index contributed by atoms with van der Waals surface area (Å²) in [4.78, 5) is 93.6. The number of amides is 5. The maximum absolute atomic E-state index is 13.8. The fourth-order valence-corrected chi connectivity index (χ4v) is 4.70. The average Bonchev–Trinajstić information content (AvgIpc) is 3.19. The molecule has 14 heteroatoms. The Kier molecular flexibility index (Phi) is 13.3. The summed E-state index contributed by atoms with van der Waals surface area (Å²) in [5.74, 6) is -5.87. The lowest BCUT2D eigenvalue weighted by Gasteiger charge is -2.39. The van der Waals surface area contributed by atoms with Crippen molar-refractivity contribution in [2.45, 2.75) is 106 Å². The van der Waals surface area contributed by atoms with Crippen molar-refractivity contribution < 1.29 is 43.5 Å². The molecule has 0 aromatic heterocycles. The van der Waals surface area contributed by atoms with Gasteiger partial charge in [0.25, 0.3) is 11.8 Å². The van der Waals surface area contributed by atoms with Crippen molar-refractivity contribution in [1.29, 1.82) is 0 Å². The van der Waals surface area contributed by atoms with Crippen LogP contribution in [0.1, 0.15) is 81.6 Å². The minimum Gasteiger partial charge on any atom is -0.480 e. The van der Waals surface area contributed by atoms with E-state index in [0.717, 1.165) is 0 Å². The summed E-state index contributed by atoms with van der Waals surface area (Å²) in [7, 11) is 3.24. The van der Waals surface area contributed by atoms with Crippen molar-refractivity contribution in [2.75, 3.05) is 14.1 Å². The zero-order valence-electron chi connectivity index (χ0n) is 27.7. The predicted octanol–water partition coefficient (Wildman–Crippen LogP) is 1.15. The quantitative estimate of drug-likeness (QED) is 0.171. The number of carbonyl (C=O) groups excluding carboxylic acids is 6. The summed E-state index contributed by atoms with van der Waals surface area (Å²) in [5, 5.41) is 18.0. The first-order chi connectivity index (χ1) is 20.0. The SMILES string of the molecule is CN[C@H](C(=O)N[C@H](C(=O)N(C)[C@H](/C=C(\C)C(=O)NC(CC(=O)ON1C(=O)CCC1=O)C(=O)O)C(C)C)C(C)(C)C)C(C)(C)C. The Morgan fingerprint density at radius 1 is 0.955 bits per heavy atom. The van der Waals surface area contributed by atoms with E-state index in [-0.39, 0.29) is 36.1 Å². The van der Waals surface area contributed by atoms with Crippen molar-refractivity contribution in [1.82, 2.24) is 25.9 Å². The van der Waals surface area contributed by atoms with Gasteiger partial charge in [-0.15, -0.1) is 5.06 Å². The van der Waals surface area contributed by atoms with Crippen molar-refractivity contribution >= 4 is 41.5 Å². The van der Waals surface area contributed by atoms with E-state index in [2.05, 4.69) is 16.0 Å². The number of rotatable bonds is 13. The van der Waals surface area contributed by atoms with Gasteiger partial charge in [0.2, 0.25) is 17.7 Å². The molecular weight excluding hydrogens is 574 g/mol. The van der Waals surface area contributed by atoms with Gasteiger partial charge in [-0.25, -0.2) is 9.59 Å². The van der Waals surface area contributed by atoms with Gasteiger partial charge in [-0.2, -0.15) is 0 Å². The molecule has 1 aliphatic heterocycles. The van der Waals surface area contributed by atoms with E-state index in [1.165, 1.54) is 17.9 Å². The van der Waals surface area contributed by atoms with Crippen LogP contribution in [0.5, 0.6) is 0 Å². The Morgan fingerprint density at radius 3 is 1.86 bits per heavy atom. The van der Waals surface area contributed by atoms with E-state index in [4.69, 9.17) is 4.84 Å². The molecule has 0 aliphatic carbocycles. The Bertz CT molecular complexity index is 1150. The highest BCUT2D eigenvalue weighted by molar-refractivity contribution is 6.02. The Hall–Kier alpha value is -3.81. The second-order valence-electron chi connectivity index (χ2n) is 13.5. The third-order valence-corrected chi connectivity index (χ3v) is 7.25. The normalized spacial score (nSPS) is 17.1. The van der Waals surface area contributed by atoms with Gasteiger partial charge < -0.3 is 30.8 Å². The molecule has 4 atom stereocenters. The minimum atomic E-state index is -1.72. The van der Waals surface area contributed by atoms with Crippen LogP contribution < -0.4 is 16.0 Å². The van der Waals surface area contributed by atoms with Crippen LogP contribution in [0.4, 0.5) is 0 Å². The zero-order chi connectivity index (χ0) is 34.3. The first kappa shape index (κ1) is 38.2. The van der Waals surface area contributed by atoms with Gasteiger partial charge in [0, 0.05) is 25.5 Å². The molecule has 5 amide bonds. The van der Waals surface area contributed by atoms with Crippen molar-refractivity contribution in [3.8, 4) is 0 Å². The van der Waals surface area contributed by atoms with Crippen LogP contribution in [0.25, 0.3) is 0 Å². The average molecular weight is 624 g/mol. The van der Waals surface area contributed by atoms with Crippen molar-refractivity contribution in [2.24, 2.45) is 16.7 Å². The van der Waals surface area contributed by atoms with Crippen molar-refractivity contribution in [3.63, 3.8) is 0 Å². The van der Waals surface area contributed by atoms with Gasteiger partial charge in [0.15, 0.2) is 0 Å². The summed E-state index contributed by atoms with van der Waals surface area (Å²) in [6.07, 6.45) is 0.426. The number of hydrogen-bond acceptors (Lipinski definition) is 9. The Balaban J connectivity index is 3.14. The molecule has 1 rings (SSSR count). The molecule has 1 fully saturated rings. The molecule has 1 unspecified atom stereocenters. The number of nitrogens with one attached hydrogen (secondary N) is 3. The standard InChI is InChI=1S/C30H49N5O9/c1-16(2)19(34(11)27(41)24(30(7,8)9)33-26(40)23(31-10)29(4,5)6)14-17(3)25(39)32-18(28(42)43)15-22(38)44-35-20(36)12-13-21(35)37/h14,16,18-19,23-24,31H,12-13,15H2,1-11H3,(H,32,39)(H,33,40)(H,42,43)/b17-14+/t18?,19-,23-,24-/m1/s1. The van der Waals surface area contributed by atoms with Gasteiger partial charge in [0.1, 0.15) is 12.1 Å². The van der Waals surface area contributed by atoms with Crippen molar-refractivity contribution in [3.05, 3.63) is 11.6 Å². The minimum absolute atomic E-state index is 0.0761. The van der Waals surface area contributed by atoms with Crippen LogP contribution in [-0.2, 0) is 38.4 Å². The van der Waals surface area contributed by atoms with E-state index in [1.54, 1.807) is 14.1 Å². The van der Waals surface area contributed by atoms with Gasteiger partial charge in [-0.3, -0.25) is 24.0 Å². The number of aliphatic carboxylic acids is 1. The number of hydrogen-bond donors (Lipinski definition) is 4. The highest BCUT2D eigenvalue weighted by atomic mass is 16.7. The van der Waals surface area contributed by atoms with Gasteiger partial charge in [0.05, 0.1) is 18.5 Å². The molecule has 0 radical (unpaired) electrons. The van der Waals surface area contributed by atoms with Gasteiger partial charge in [-0.05, 0) is 30.7 Å². The molecule has 1 aliphatic rings. The fourth-order valence-electron chi connectivity index (χ4n) is 4.70. The lowest BCUT2D eigenvalue weighted by atomic mass is 9.83. The Morgan fingerprint density at radius 2 is 1.45 bits per heavy atom. The second kappa shape index (κ2) is 15.3. The fraction of sp³-hybridized carbons (Fsp3) is 0.700. The molecule has 0 aromatic rings. The zero-order valence-corrected chi connectivity index (χ0v) is 27.7. The van der Waals surface area contributed by atoms with Gasteiger partial charge >= 0.3 is 11.9 Å². The van der Waals surface area contributed by atoms with Crippen LogP contribution in [0.15, 0.2) is 11.6 Å². The highest BCUT2D eigenvalue weighted by Crippen LogP contribution is 2.25. The number of carboxylic acids is 1. The molecule has 248 valence electrons. The third-order valence-electron chi connectivity index (χ3n) is 7.25.